The molecule has 0 aromatic heterocycles. The van der Waals surface area contributed by atoms with Gasteiger partial charge >= 0.3 is 0 Å². The molecule has 4 aromatic carbocycles. The largest absolute Gasteiger partial charge is 0.497 e. The number of anilines is 1. The van der Waals surface area contributed by atoms with Crippen molar-refractivity contribution in [3.63, 3.8) is 0 Å². The van der Waals surface area contributed by atoms with Crippen LogP contribution in [0, 0.1) is 0 Å². The number of nitrogens with zero attached hydrogens (tertiary/aromatic N) is 1. The van der Waals surface area contributed by atoms with E-state index in [9.17, 15) is 14.4 Å². The molecule has 1 aliphatic heterocycles. The molecule has 1 aliphatic rings. The fourth-order valence-electron chi connectivity index (χ4n) is 4.30. The summed E-state index contributed by atoms with van der Waals surface area (Å²) in [6.07, 6.45) is 1.59. The van der Waals surface area contributed by atoms with Crippen LogP contribution < -0.4 is 19.5 Å². The number of benzene rings is 4. The topological polar surface area (TPSA) is 94.2 Å². The van der Waals surface area contributed by atoms with Crippen molar-refractivity contribution in [1.29, 1.82) is 0 Å². The number of rotatable bonds is 9. The molecular formula is C31H25BrN2O6S. The Bertz CT molecular complexity index is 1670. The predicted octanol–water partition coefficient (Wildman–Crippen LogP) is 6.87. The second-order valence-corrected chi connectivity index (χ2v) is 10.8. The number of carbonyl (C=O) groups is 3. The van der Waals surface area contributed by atoms with E-state index in [0.29, 0.717) is 39.6 Å². The smallest absolute Gasteiger partial charge is 0.294 e. The van der Waals surface area contributed by atoms with E-state index in [1.165, 1.54) is 7.11 Å². The fraction of sp³-hybridized carbons (Fsp3) is 0.129. The summed E-state index contributed by atoms with van der Waals surface area (Å²) in [6, 6.07) is 24.4. The second kappa shape index (κ2) is 12.5. The third kappa shape index (κ3) is 6.39. The zero-order valence-corrected chi connectivity index (χ0v) is 24.6. The van der Waals surface area contributed by atoms with Gasteiger partial charge < -0.3 is 19.5 Å². The molecule has 3 amide bonds. The monoisotopic (exact) mass is 632 g/mol. The second-order valence-electron chi connectivity index (χ2n) is 9.00. The van der Waals surface area contributed by atoms with Crippen LogP contribution >= 0.6 is 27.7 Å². The van der Waals surface area contributed by atoms with Crippen molar-refractivity contribution in [1.82, 2.24) is 4.90 Å². The number of hydrogen-bond donors (Lipinski definition) is 1. The number of ether oxygens (including phenoxy) is 3. The molecule has 0 radical (unpaired) electrons. The molecule has 1 saturated heterocycles. The lowest BCUT2D eigenvalue weighted by Crippen LogP contribution is -2.36. The molecule has 8 nitrogen and oxygen atoms in total. The van der Waals surface area contributed by atoms with Crippen LogP contribution in [0.25, 0.3) is 16.8 Å². The maximum Gasteiger partial charge on any atom is 0.294 e. The zero-order valence-electron chi connectivity index (χ0n) is 22.2. The molecule has 0 unspecified atom stereocenters. The van der Waals surface area contributed by atoms with Gasteiger partial charge in [0, 0.05) is 10.2 Å². The van der Waals surface area contributed by atoms with Gasteiger partial charge in [0.05, 0.1) is 19.1 Å². The standard InChI is InChI=1S/C31H25BrN2O6S/c1-38-23-12-10-22(11-13-23)33-29(35)17-34-30(36)28(41-31(34)37)15-21-14-26(39-2)27(16-25(21)32)40-18-20-8-5-7-19-6-3-4-9-24(19)20/h3-16H,17-18H2,1-2H3,(H,33,35)/b28-15+. The number of halogens is 1. The first-order valence-electron chi connectivity index (χ1n) is 12.5. The number of nitrogens with one attached hydrogen (secondary N) is 1. The van der Waals surface area contributed by atoms with Gasteiger partial charge in [-0.1, -0.05) is 58.4 Å². The summed E-state index contributed by atoms with van der Waals surface area (Å²) in [6.45, 7) is -0.0690. The van der Waals surface area contributed by atoms with Crippen LogP contribution in [0.5, 0.6) is 17.2 Å². The Morgan fingerprint density at radius 1 is 0.951 bits per heavy atom. The van der Waals surface area contributed by atoms with E-state index in [4.69, 9.17) is 14.2 Å². The minimum Gasteiger partial charge on any atom is -0.497 e. The van der Waals surface area contributed by atoms with Crippen molar-refractivity contribution < 1.29 is 28.6 Å². The van der Waals surface area contributed by atoms with Gasteiger partial charge in [-0.05, 0) is 76.1 Å². The Morgan fingerprint density at radius 2 is 1.71 bits per heavy atom. The number of thioether (sulfide) groups is 1. The molecule has 1 fully saturated rings. The van der Waals surface area contributed by atoms with Crippen LogP contribution in [0.4, 0.5) is 10.5 Å². The molecule has 1 N–H and O–H groups in total. The van der Waals surface area contributed by atoms with Gasteiger partial charge in [-0.3, -0.25) is 19.3 Å². The van der Waals surface area contributed by atoms with Crippen molar-refractivity contribution in [3.8, 4) is 17.2 Å². The Hall–Kier alpha value is -4.28. The van der Waals surface area contributed by atoms with E-state index in [0.717, 1.165) is 33.0 Å². The van der Waals surface area contributed by atoms with Crippen LogP contribution in [0.3, 0.4) is 0 Å². The highest BCUT2D eigenvalue weighted by molar-refractivity contribution is 9.10. The highest BCUT2D eigenvalue weighted by Crippen LogP contribution is 2.38. The molecular weight excluding hydrogens is 608 g/mol. The SMILES string of the molecule is COc1ccc(NC(=O)CN2C(=O)S/C(=C/c3cc(OC)c(OCc4cccc5ccccc45)cc3Br)C2=O)cc1. The lowest BCUT2D eigenvalue weighted by atomic mass is 10.1. The highest BCUT2D eigenvalue weighted by atomic mass is 79.9. The lowest BCUT2D eigenvalue weighted by molar-refractivity contribution is -0.127. The summed E-state index contributed by atoms with van der Waals surface area (Å²) in [5.41, 5.74) is 2.18. The molecule has 4 aromatic rings. The lowest BCUT2D eigenvalue weighted by Gasteiger charge is -2.14. The predicted molar refractivity (Wildman–Crippen MR) is 163 cm³/mol. The number of fused-ring (bicyclic) bond motifs is 1. The van der Waals surface area contributed by atoms with Crippen molar-refractivity contribution in [2.24, 2.45) is 0 Å². The van der Waals surface area contributed by atoms with Crippen LogP contribution in [0.15, 0.2) is 88.2 Å². The third-order valence-electron chi connectivity index (χ3n) is 6.38. The maximum absolute atomic E-state index is 13.0. The molecule has 208 valence electrons. The molecule has 10 heteroatoms. The Labute approximate surface area is 249 Å². The van der Waals surface area contributed by atoms with Crippen LogP contribution in [-0.4, -0.2) is 42.7 Å². The number of carbonyl (C=O) groups excluding carboxylic acids is 3. The van der Waals surface area contributed by atoms with E-state index < -0.39 is 23.6 Å². The zero-order chi connectivity index (χ0) is 28.9. The normalized spacial score (nSPS) is 14.0. The quantitative estimate of drug-likeness (QED) is 0.201. The van der Waals surface area contributed by atoms with Gasteiger partial charge in [0.2, 0.25) is 5.91 Å². The van der Waals surface area contributed by atoms with E-state index in [1.807, 2.05) is 24.3 Å². The Morgan fingerprint density at radius 3 is 2.46 bits per heavy atom. The Balaban J connectivity index is 1.29. The summed E-state index contributed by atoms with van der Waals surface area (Å²) in [5, 5.41) is 4.40. The Kier molecular flexibility index (Phi) is 8.61. The molecule has 0 saturated carbocycles. The average Bonchev–Trinajstić information content (AvgIpc) is 3.24. The van der Waals surface area contributed by atoms with Crippen molar-refractivity contribution >= 4 is 67.3 Å². The third-order valence-corrected chi connectivity index (χ3v) is 7.98. The molecule has 0 atom stereocenters. The van der Waals surface area contributed by atoms with Gasteiger partial charge in [-0.15, -0.1) is 0 Å². The van der Waals surface area contributed by atoms with E-state index >= 15 is 0 Å². The fourth-order valence-corrected chi connectivity index (χ4v) is 5.57. The average molecular weight is 634 g/mol. The molecule has 0 spiro atoms. The van der Waals surface area contributed by atoms with Gasteiger partial charge in [0.1, 0.15) is 18.9 Å². The number of hydrogen-bond acceptors (Lipinski definition) is 7. The summed E-state index contributed by atoms with van der Waals surface area (Å²) in [4.78, 5) is 39.3. The van der Waals surface area contributed by atoms with E-state index in [-0.39, 0.29) is 4.91 Å². The van der Waals surface area contributed by atoms with Crippen LogP contribution in [0.2, 0.25) is 0 Å². The van der Waals surface area contributed by atoms with E-state index in [2.05, 4.69) is 39.4 Å². The molecule has 5 rings (SSSR count). The van der Waals surface area contributed by atoms with Crippen LogP contribution in [-0.2, 0) is 16.2 Å². The first-order valence-corrected chi connectivity index (χ1v) is 14.1. The van der Waals surface area contributed by atoms with E-state index in [1.54, 1.807) is 49.6 Å². The van der Waals surface area contributed by atoms with Gasteiger partial charge in [-0.2, -0.15) is 0 Å². The first-order chi connectivity index (χ1) is 19.9. The number of amides is 3. The minimum absolute atomic E-state index is 0.194. The van der Waals surface area contributed by atoms with Crippen molar-refractivity contribution in [2.45, 2.75) is 6.61 Å². The van der Waals surface area contributed by atoms with Crippen LogP contribution in [0.1, 0.15) is 11.1 Å². The van der Waals surface area contributed by atoms with Gasteiger partial charge in [0.15, 0.2) is 11.5 Å². The molecule has 0 bridgehead atoms. The van der Waals surface area contributed by atoms with Gasteiger partial charge in [-0.25, -0.2) is 0 Å². The highest BCUT2D eigenvalue weighted by Gasteiger charge is 2.36. The minimum atomic E-state index is -0.549. The number of methoxy groups -OCH3 is 2. The molecule has 1 heterocycles. The maximum atomic E-state index is 13.0. The summed E-state index contributed by atoms with van der Waals surface area (Å²) < 4.78 is 17.5. The first kappa shape index (κ1) is 28.3. The molecule has 41 heavy (non-hydrogen) atoms. The summed E-state index contributed by atoms with van der Waals surface area (Å²) in [5.74, 6) is 0.595. The number of imide groups is 1. The summed E-state index contributed by atoms with van der Waals surface area (Å²) >= 11 is 4.32. The summed E-state index contributed by atoms with van der Waals surface area (Å²) in [7, 11) is 3.08. The van der Waals surface area contributed by atoms with Crippen molar-refractivity contribution in [3.05, 3.63) is 99.4 Å². The van der Waals surface area contributed by atoms with Gasteiger partial charge in [0.25, 0.3) is 11.1 Å². The molecule has 0 aliphatic carbocycles. The van der Waals surface area contributed by atoms with Crippen molar-refractivity contribution in [2.75, 3.05) is 26.1 Å².